The third-order valence-electron chi connectivity index (χ3n) is 3.87. The lowest BCUT2D eigenvalue weighted by molar-refractivity contribution is -0.132. The maximum Gasteiger partial charge on any atom is 0.222 e. The van der Waals surface area contributed by atoms with Gasteiger partial charge in [0.1, 0.15) is 11.6 Å². The first-order valence-corrected chi connectivity index (χ1v) is 6.98. The number of hydrogen-bond acceptors (Lipinski definition) is 2. The van der Waals surface area contributed by atoms with Crippen molar-refractivity contribution >= 4 is 5.91 Å². The Morgan fingerprint density at radius 3 is 2.75 bits per heavy atom. The number of rotatable bonds is 4. The van der Waals surface area contributed by atoms with Gasteiger partial charge in [-0.3, -0.25) is 4.79 Å². The molecular weight excluding hydrogens is 262 g/mol. The zero-order chi connectivity index (χ0) is 14.5. The third kappa shape index (κ3) is 3.76. The van der Waals surface area contributed by atoms with Crippen molar-refractivity contribution in [3.63, 3.8) is 0 Å². The van der Waals surface area contributed by atoms with E-state index in [-0.39, 0.29) is 30.4 Å². The van der Waals surface area contributed by atoms with E-state index in [1.165, 1.54) is 0 Å². The van der Waals surface area contributed by atoms with Gasteiger partial charge in [0.15, 0.2) is 0 Å². The minimum atomic E-state index is -0.472. The molecule has 5 heteroatoms. The Labute approximate surface area is 118 Å². The first kappa shape index (κ1) is 14.9. The van der Waals surface area contributed by atoms with Gasteiger partial charge in [0.25, 0.3) is 0 Å². The van der Waals surface area contributed by atoms with E-state index in [4.69, 9.17) is 0 Å². The van der Waals surface area contributed by atoms with E-state index in [9.17, 15) is 13.6 Å². The number of aryl methyl sites for hydroxylation is 1. The second-order valence-corrected chi connectivity index (χ2v) is 5.22. The Kier molecular flexibility index (Phi) is 5.06. The molecular formula is C15H20F2N2O. The Morgan fingerprint density at radius 1 is 1.35 bits per heavy atom. The Morgan fingerprint density at radius 2 is 2.05 bits per heavy atom. The van der Waals surface area contributed by atoms with Crippen molar-refractivity contribution in [2.45, 2.75) is 31.7 Å². The van der Waals surface area contributed by atoms with Gasteiger partial charge in [-0.1, -0.05) is 0 Å². The number of piperidine rings is 1. The summed E-state index contributed by atoms with van der Waals surface area (Å²) in [6, 6.07) is 3.60. The molecule has 1 aliphatic heterocycles. The van der Waals surface area contributed by atoms with Crippen LogP contribution in [-0.4, -0.2) is 37.0 Å². The summed E-state index contributed by atoms with van der Waals surface area (Å²) in [5, 5.41) is 3.25. The predicted molar refractivity (Wildman–Crippen MR) is 73.3 cm³/mol. The van der Waals surface area contributed by atoms with Gasteiger partial charge in [-0.25, -0.2) is 8.78 Å². The molecule has 1 amide bonds. The SMILES string of the molecule is CN(C(=O)CCc1cc(F)ccc1F)C1CCNCC1. The topological polar surface area (TPSA) is 32.3 Å². The van der Waals surface area contributed by atoms with E-state index >= 15 is 0 Å². The summed E-state index contributed by atoms with van der Waals surface area (Å²) in [7, 11) is 1.79. The molecule has 1 aliphatic rings. The highest BCUT2D eigenvalue weighted by atomic mass is 19.1. The Balaban J connectivity index is 1.89. The molecule has 0 spiro atoms. The number of nitrogens with zero attached hydrogens (tertiary/aromatic N) is 1. The second-order valence-electron chi connectivity index (χ2n) is 5.22. The van der Waals surface area contributed by atoms with Crippen LogP contribution in [0.25, 0.3) is 0 Å². The number of amides is 1. The molecule has 0 bridgehead atoms. The molecule has 3 nitrogen and oxygen atoms in total. The molecule has 0 unspecified atom stereocenters. The summed E-state index contributed by atoms with van der Waals surface area (Å²) >= 11 is 0. The fraction of sp³-hybridized carbons (Fsp3) is 0.533. The normalized spacial score (nSPS) is 16.1. The van der Waals surface area contributed by atoms with Gasteiger partial charge in [-0.15, -0.1) is 0 Å². The fourth-order valence-electron chi connectivity index (χ4n) is 2.55. The molecule has 1 aromatic rings. The van der Waals surface area contributed by atoms with Gasteiger partial charge in [0, 0.05) is 19.5 Å². The van der Waals surface area contributed by atoms with Crippen molar-refractivity contribution in [3.8, 4) is 0 Å². The van der Waals surface area contributed by atoms with Crippen molar-refractivity contribution in [1.82, 2.24) is 10.2 Å². The second kappa shape index (κ2) is 6.79. The Hall–Kier alpha value is -1.49. The molecule has 20 heavy (non-hydrogen) atoms. The standard InChI is InChI=1S/C15H20F2N2O/c1-19(13-6-8-18-9-7-13)15(20)5-2-11-10-12(16)3-4-14(11)17/h3-4,10,13,18H,2,5-9H2,1H3. The van der Waals surface area contributed by atoms with E-state index in [1.807, 2.05) is 0 Å². The zero-order valence-electron chi connectivity index (χ0n) is 11.7. The monoisotopic (exact) mass is 282 g/mol. The molecule has 0 aliphatic carbocycles. The molecule has 2 rings (SSSR count). The quantitative estimate of drug-likeness (QED) is 0.917. The molecule has 0 atom stereocenters. The largest absolute Gasteiger partial charge is 0.343 e. The van der Waals surface area contributed by atoms with Crippen molar-refractivity contribution in [3.05, 3.63) is 35.4 Å². The average molecular weight is 282 g/mol. The highest BCUT2D eigenvalue weighted by Gasteiger charge is 2.21. The van der Waals surface area contributed by atoms with Gasteiger partial charge in [0.05, 0.1) is 0 Å². The van der Waals surface area contributed by atoms with E-state index in [1.54, 1.807) is 11.9 Å². The number of halogens is 2. The predicted octanol–water partition coefficient (Wildman–Crippen LogP) is 2.11. The summed E-state index contributed by atoms with van der Waals surface area (Å²) in [4.78, 5) is 13.8. The smallest absolute Gasteiger partial charge is 0.222 e. The minimum Gasteiger partial charge on any atom is -0.343 e. The van der Waals surface area contributed by atoms with E-state index in [0.29, 0.717) is 0 Å². The first-order valence-electron chi connectivity index (χ1n) is 6.98. The van der Waals surface area contributed by atoms with Crippen LogP contribution in [0.3, 0.4) is 0 Å². The average Bonchev–Trinajstić information content (AvgIpc) is 2.48. The molecule has 0 saturated carbocycles. The summed E-state index contributed by atoms with van der Waals surface area (Å²) in [6.07, 6.45) is 2.33. The van der Waals surface area contributed by atoms with Crippen LogP contribution in [0.4, 0.5) is 8.78 Å². The van der Waals surface area contributed by atoms with Crippen molar-refractivity contribution in [2.75, 3.05) is 20.1 Å². The van der Waals surface area contributed by atoms with E-state index in [2.05, 4.69) is 5.32 Å². The van der Waals surface area contributed by atoms with Gasteiger partial charge in [-0.2, -0.15) is 0 Å². The molecule has 1 saturated heterocycles. The Bertz CT molecular complexity index is 473. The summed E-state index contributed by atoms with van der Waals surface area (Å²) in [6.45, 7) is 1.83. The molecule has 0 radical (unpaired) electrons. The van der Waals surface area contributed by atoms with Crippen LogP contribution in [-0.2, 0) is 11.2 Å². The number of benzene rings is 1. The number of carbonyl (C=O) groups excluding carboxylic acids is 1. The lowest BCUT2D eigenvalue weighted by Crippen LogP contribution is -2.44. The highest BCUT2D eigenvalue weighted by Crippen LogP contribution is 2.15. The van der Waals surface area contributed by atoms with Crippen LogP contribution < -0.4 is 5.32 Å². The minimum absolute atomic E-state index is 0.0134. The van der Waals surface area contributed by atoms with Gasteiger partial charge in [0.2, 0.25) is 5.91 Å². The molecule has 1 aromatic carbocycles. The zero-order valence-corrected chi connectivity index (χ0v) is 11.7. The van der Waals surface area contributed by atoms with E-state index < -0.39 is 11.6 Å². The number of hydrogen-bond donors (Lipinski definition) is 1. The maximum atomic E-state index is 13.5. The summed E-state index contributed by atoms with van der Waals surface area (Å²) < 4.78 is 26.5. The number of carbonyl (C=O) groups is 1. The van der Waals surface area contributed by atoms with Crippen molar-refractivity contribution in [2.24, 2.45) is 0 Å². The maximum absolute atomic E-state index is 13.5. The lowest BCUT2D eigenvalue weighted by Gasteiger charge is -2.31. The van der Waals surface area contributed by atoms with Gasteiger partial charge >= 0.3 is 0 Å². The third-order valence-corrected chi connectivity index (χ3v) is 3.87. The molecule has 1 heterocycles. The van der Waals surface area contributed by atoms with Crippen LogP contribution >= 0.6 is 0 Å². The van der Waals surface area contributed by atoms with Gasteiger partial charge in [-0.05, 0) is 56.1 Å². The molecule has 110 valence electrons. The van der Waals surface area contributed by atoms with Crippen LogP contribution in [0.2, 0.25) is 0 Å². The van der Waals surface area contributed by atoms with E-state index in [0.717, 1.165) is 44.1 Å². The van der Waals surface area contributed by atoms with Gasteiger partial charge < -0.3 is 10.2 Å². The summed E-state index contributed by atoms with van der Waals surface area (Å²) in [5.74, 6) is -0.940. The van der Waals surface area contributed by atoms with Crippen molar-refractivity contribution in [1.29, 1.82) is 0 Å². The first-order chi connectivity index (χ1) is 9.58. The van der Waals surface area contributed by atoms with Crippen LogP contribution in [0.5, 0.6) is 0 Å². The molecule has 1 fully saturated rings. The summed E-state index contributed by atoms with van der Waals surface area (Å²) in [5.41, 5.74) is 0.261. The lowest BCUT2D eigenvalue weighted by atomic mass is 10.0. The fourth-order valence-corrected chi connectivity index (χ4v) is 2.55. The highest BCUT2D eigenvalue weighted by molar-refractivity contribution is 5.76. The van der Waals surface area contributed by atoms with Crippen LogP contribution in [0.15, 0.2) is 18.2 Å². The van der Waals surface area contributed by atoms with Crippen LogP contribution in [0.1, 0.15) is 24.8 Å². The molecule has 1 N–H and O–H groups in total. The number of nitrogens with one attached hydrogen (secondary N) is 1. The van der Waals surface area contributed by atoms with Crippen molar-refractivity contribution < 1.29 is 13.6 Å². The molecule has 0 aromatic heterocycles. The van der Waals surface area contributed by atoms with Crippen LogP contribution in [0, 0.1) is 11.6 Å².